The third-order valence-electron chi connectivity index (χ3n) is 1.72. The largest absolute Gasteiger partial charge is 0.465 e. The molecule has 0 saturated carbocycles. The summed E-state index contributed by atoms with van der Waals surface area (Å²) in [5, 5.41) is 4.88. The Hall–Kier alpha value is -1.40. The van der Waals surface area contributed by atoms with Crippen LogP contribution in [0.3, 0.4) is 0 Å². The van der Waals surface area contributed by atoms with E-state index >= 15 is 0 Å². The van der Waals surface area contributed by atoms with Gasteiger partial charge in [0.05, 0.1) is 18.4 Å². The second kappa shape index (κ2) is 4.41. The van der Waals surface area contributed by atoms with Crippen LogP contribution in [0.1, 0.15) is 15.9 Å². The van der Waals surface area contributed by atoms with E-state index in [1.54, 1.807) is 18.2 Å². The minimum absolute atomic E-state index is 0.294. The smallest absolute Gasteiger partial charge is 0.337 e. The molecule has 6 heteroatoms. The predicted octanol–water partition coefficient (Wildman–Crippen LogP) is 0.262. The number of carbonyl (C=O) groups excluding carboxylic acids is 1. The lowest BCUT2D eigenvalue weighted by Gasteiger charge is -2.02. The first kappa shape index (κ1) is 11.7. The molecular weight excluding hydrogens is 218 g/mol. The maximum Gasteiger partial charge on any atom is 0.337 e. The van der Waals surface area contributed by atoms with Crippen molar-refractivity contribution in [2.45, 2.75) is 5.75 Å². The van der Waals surface area contributed by atoms with Crippen LogP contribution in [-0.2, 0) is 20.5 Å². The van der Waals surface area contributed by atoms with Gasteiger partial charge in [0.1, 0.15) is 0 Å². The third-order valence-corrected chi connectivity index (χ3v) is 2.45. The van der Waals surface area contributed by atoms with Crippen molar-refractivity contribution in [1.29, 1.82) is 0 Å². The second-order valence-corrected chi connectivity index (χ2v) is 4.61. The molecule has 5 nitrogen and oxygen atoms in total. The van der Waals surface area contributed by atoms with Crippen LogP contribution in [-0.4, -0.2) is 21.5 Å². The molecule has 82 valence electrons. The van der Waals surface area contributed by atoms with Crippen LogP contribution in [0.4, 0.5) is 0 Å². The molecule has 0 heterocycles. The molecule has 0 bridgehead atoms. The van der Waals surface area contributed by atoms with Gasteiger partial charge < -0.3 is 4.74 Å². The molecule has 1 aromatic rings. The number of benzene rings is 1. The first-order valence-electron chi connectivity index (χ1n) is 4.10. The van der Waals surface area contributed by atoms with Crippen molar-refractivity contribution in [3.8, 4) is 0 Å². The maximum atomic E-state index is 11.1. The van der Waals surface area contributed by atoms with Gasteiger partial charge in [0.25, 0.3) is 0 Å². The van der Waals surface area contributed by atoms with Gasteiger partial charge in [-0.05, 0) is 17.7 Å². The Bertz CT molecular complexity index is 467. The summed E-state index contributed by atoms with van der Waals surface area (Å²) in [6, 6.07) is 6.14. The third kappa shape index (κ3) is 3.69. The second-order valence-electron chi connectivity index (χ2n) is 3.00. The van der Waals surface area contributed by atoms with Crippen molar-refractivity contribution < 1.29 is 17.9 Å². The minimum atomic E-state index is -3.58. The quantitative estimate of drug-likeness (QED) is 0.753. The van der Waals surface area contributed by atoms with E-state index in [9.17, 15) is 13.2 Å². The monoisotopic (exact) mass is 229 g/mol. The highest BCUT2D eigenvalue weighted by molar-refractivity contribution is 7.88. The molecule has 0 aromatic heterocycles. The first-order valence-corrected chi connectivity index (χ1v) is 5.81. The van der Waals surface area contributed by atoms with Gasteiger partial charge in [0.15, 0.2) is 0 Å². The Morgan fingerprint density at radius 2 is 2.13 bits per heavy atom. The molecule has 0 radical (unpaired) electrons. The van der Waals surface area contributed by atoms with Gasteiger partial charge in [-0.3, -0.25) is 0 Å². The molecule has 0 spiro atoms. The van der Waals surface area contributed by atoms with E-state index in [0.29, 0.717) is 11.1 Å². The van der Waals surface area contributed by atoms with Crippen molar-refractivity contribution >= 4 is 16.0 Å². The zero-order valence-corrected chi connectivity index (χ0v) is 8.95. The molecule has 1 aromatic carbocycles. The van der Waals surface area contributed by atoms with Crippen LogP contribution in [0.25, 0.3) is 0 Å². The molecule has 15 heavy (non-hydrogen) atoms. The molecule has 0 fully saturated rings. The van der Waals surface area contributed by atoms with Gasteiger partial charge >= 0.3 is 5.97 Å². The molecule has 0 aliphatic heterocycles. The van der Waals surface area contributed by atoms with Crippen molar-refractivity contribution in [2.75, 3.05) is 7.11 Å². The standard InChI is InChI=1S/C9H11NO4S/c1-14-9(11)8-4-2-3-7(5-8)6-15(10,12)13/h2-5H,6H2,1H3,(H2,10,12,13). The van der Waals surface area contributed by atoms with E-state index < -0.39 is 16.0 Å². The summed E-state index contributed by atoms with van der Waals surface area (Å²) in [6.45, 7) is 0. The number of sulfonamides is 1. The van der Waals surface area contributed by atoms with Gasteiger partial charge in [0.2, 0.25) is 10.0 Å². The Morgan fingerprint density at radius 3 is 2.67 bits per heavy atom. The summed E-state index contributed by atoms with van der Waals surface area (Å²) in [7, 11) is -2.32. The zero-order valence-electron chi connectivity index (χ0n) is 8.14. The van der Waals surface area contributed by atoms with Crippen molar-refractivity contribution in [3.05, 3.63) is 35.4 Å². The molecule has 0 aliphatic rings. The highest BCUT2D eigenvalue weighted by atomic mass is 32.2. The topological polar surface area (TPSA) is 86.5 Å². The number of primary sulfonamides is 1. The van der Waals surface area contributed by atoms with Gasteiger partial charge in [-0.25, -0.2) is 18.4 Å². The van der Waals surface area contributed by atoms with Crippen molar-refractivity contribution in [3.63, 3.8) is 0 Å². The Kier molecular flexibility index (Phi) is 3.43. The van der Waals surface area contributed by atoms with E-state index in [1.165, 1.54) is 13.2 Å². The number of esters is 1. The Morgan fingerprint density at radius 1 is 1.47 bits per heavy atom. The number of nitrogens with two attached hydrogens (primary N) is 1. The minimum Gasteiger partial charge on any atom is -0.465 e. The SMILES string of the molecule is COC(=O)c1cccc(CS(N)(=O)=O)c1. The summed E-state index contributed by atoms with van der Waals surface area (Å²) in [4.78, 5) is 11.1. The van der Waals surface area contributed by atoms with Gasteiger partial charge in [0, 0.05) is 0 Å². The fraction of sp³-hybridized carbons (Fsp3) is 0.222. The lowest BCUT2D eigenvalue weighted by molar-refractivity contribution is 0.0600. The van der Waals surface area contributed by atoms with Crippen molar-refractivity contribution in [1.82, 2.24) is 0 Å². The molecule has 0 atom stereocenters. The number of hydrogen-bond donors (Lipinski definition) is 1. The average molecular weight is 229 g/mol. The predicted molar refractivity (Wildman–Crippen MR) is 54.6 cm³/mol. The fourth-order valence-electron chi connectivity index (χ4n) is 1.14. The number of carbonyl (C=O) groups is 1. The van der Waals surface area contributed by atoms with Crippen LogP contribution in [0.5, 0.6) is 0 Å². The Balaban J connectivity index is 2.98. The lowest BCUT2D eigenvalue weighted by Crippen LogP contribution is -2.14. The molecule has 0 amide bonds. The lowest BCUT2D eigenvalue weighted by atomic mass is 10.1. The Labute approximate surface area is 87.9 Å². The molecule has 2 N–H and O–H groups in total. The number of hydrogen-bond acceptors (Lipinski definition) is 4. The summed E-state index contributed by atoms with van der Waals surface area (Å²) < 4.78 is 26.1. The van der Waals surface area contributed by atoms with Gasteiger partial charge in [-0.15, -0.1) is 0 Å². The van der Waals surface area contributed by atoms with Crippen LogP contribution < -0.4 is 5.14 Å². The molecular formula is C9H11NO4S. The molecule has 0 aliphatic carbocycles. The van der Waals surface area contributed by atoms with Crippen LogP contribution in [0.2, 0.25) is 0 Å². The normalized spacial score (nSPS) is 11.1. The molecule has 0 saturated heterocycles. The van der Waals surface area contributed by atoms with E-state index in [4.69, 9.17) is 5.14 Å². The molecule has 1 rings (SSSR count). The van der Waals surface area contributed by atoms with E-state index in [0.717, 1.165) is 0 Å². The van der Waals surface area contributed by atoms with Crippen molar-refractivity contribution in [2.24, 2.45) is 5.14 Å². The zero-order chi connectivity index (χ0) is 11.5. The highest BCUT2D eigenvalue weighted by Gasteiger charge is 2.09. The van der Waals surface area contributed by atoms with Crippen LogP contribution in [0.15, 0.2) is 24.3 Å². The number of ether oxygens (including phenoxy) is 1. The summed E-state index contributed by atoms with van der Waals surface area (Å²) in [5.74, 6) is -0.802. The average Bonchev–Trinajstić information content (AvgIpc) is 2.14. The van der Waals surface area contributed by atoms with E-state index in [1.807, 2.05) is 0 Å². The van der Waals surface area contributed by atoms with Gasteiger partial charge in [-0.1, -0.05) is 12.1 Å². The van der Waals surface area contributed by atoms with E-state index in [2.05, 4.69) is 4.74 Å². The summed E-state index contributed by atoms with van der Waals surface area (Å²) in [5.41, 5.74) is 0.763. The van der Waals surface area contributed by atoms with E-state index in [-0.39, 0.29) is 5.75 Å². The number of methoxy groups -OCH3 is 1. The fourth-order valence-corrected chi connectivity index (χ4v) is 1.78. The van der Waals surface area contributed by atoms with Crippen LogP contribution >= 0.6 is 0 Å². The van der Waals surface area contributed by atoms with Gasteiger partial charge in [-0.2, -0.15) is 0 Å². The summed E-state index contributed by atoms with van der Waals surface area (Å²) in [6.07, 6.45) is 0. The van der Waals surface area contributed by atoms with Crippen LogP contribution in [0, 0.1) is 0 Å². The molecule has 0 unspecified atom stereocenters. The first-order chi connectivity index (χ1) is 6.92. The highest BCUT2D eigenvalue weighted by Crippen LogP contribution is 2.08. The number of rotatable bonds is 3. The summed E-state index contributed by atoms with van der Waals surface area (Å²) >= 11 is 0. The maximum absolute atomic E-state index is 11.1.